The van der Waals surface area contributed by atoms with Crippen molar-refractivity contribution in [2.24, 2.45) is 0 Å². The molecule has 0 amide bonds. The summed E-state index contributed by atoms with van der Waals surface area (Å²) in [6, 6.07) is 8.54. The Morgan fingerprint density at radius 2 is 1.37 bits per heavy atom. The van der Waals surface area contributed by atoms with Crippen LogP contribution >= 0.6 is 0 Å². The zero-order chi connectivity index (χ0) is 13.9. The van der Waals surface area contributed by atoms with Crippen molar-refractivity contribution in [1.29, 1.82) is 0 Å². The third-order valence-electron chi connectivity index (χ3n) is 3.97. The fourth-order valence-electron chi connectivity index (χ4n) is 2.69. The molecule has 1 aromatic carbocycles. The molecule has 0 spiro atoms. The third kappa shape index (κ3) is 6.66. The Morgan fingerprint density at radius 3 is 2.00 bits per heavy atom. The molecule has 1 rings (SSSR count). The first-order valence-electron chi connectivity index (χ1n) is 8.13. The van der Waals surface area contributed by atoms with Gasteiger partial charge in [-0.25, -0.2) is 0 Å². The lowest BCUT2D eigenvalue weighted by molar-refractivity contribution is 0.505. The van der Waals surface area contributed by atoms with Gasteiger partial charge in [0.25, 0.3) is 0 Å². The van der Waals surface area contributed by atoms with Crippen molar-refractivity contribution >= 4 is 5.69 Å². The van der Waals surface area contributed by atoms with Crippen LogP contribution < -0.4 is 5.73 Å². The zero-order valence-corrected chi connectivity index (χ0v) is 12.8. The summed E-state index contributed by atoms with van der Waals surface area (Å²) in [6.07, 6.45) is 12.2. The van der Waals surface area contributed by atoms with Crippen LogP contribution in [0.25, 0.3) is 0 Å². The monoisotopic (exact) mass is 261 g/mol. The van der Waals surface area contributed by atoms with Gasteiger partial charge in [0.05, 0.1) is 0 Å². The molecular weight excluding hydrogens is 230 g/mol. The molecule has 0 aliphatic rings. The molecule has 0 bridgehead atoms. The molecule has 0 heterocycles. The SMILES string of the molecule is CCCCCCCC(CCCC)c1ccc(N)cc1. The van der Waals surface area contributed by atoms with Gasteiger partial charge in [0.15, 0.2) is 0 Å². The lowest BCUT2D eigenvalue weighted by atomic mass is 9.88. The van der Waals surface area contributed by atoms with Gasteiger partial charge < -0.3 is 5.73 Å². The number of unbranched alkanes of at least 4 members (excludes halogenated alkanes) is 5. The molecule has 0 aliphatic heterocycles. The van der Waals surface area contributed by atoms with Crippen molar-refractivity contribution in [1.82, 2.24) is 0 Å². The lowest BCUT2D eigenvalue weighted by Gasteiger charge is -2.17. The molecule has 0 radical (unpaired) electrons. The van der Waals surface area contributed by atoms with E-state index in [1.165, 1.54) is 63.4 Å². The maximum Gasteiger partial charge on any atom is 0.0314 e. The van der Waals surface area contributed by atoms with Crippen molar-refractivity contribution in [3.05, 3.63) is 29.8 Å². The average Bonchev–Trinajstić information content (AvgIpc) is 2.43. The van der Waals surface area contributed by atoms with E-state index in [9.17, 15) is 0 Å². The molecule has 2 N–H and O–H groups in total. The third-order valence-corrected chi connectivity index (χ3v) is 3.97. The molecule has 0 saturated heterocycles. The minimum Gasteiger partial charge on any atom is -0.399 e. The summed E-state index contributed by atoms with van der Waals surface area (Å²) >= 11 is 0. The molecule has 108 valence electrons. The average molecular weight is 261 g/mol. The Kier molecular flexibility index (Phi) is 8.36. The van der Waals surface area contributed by atoms with Crippen LogP contribution in [0.1, 0.15) is 83.1 Å². The molecule has 1 unspecified atom stereocenters. The van der Waals surface area contributed by atoms with E-state index >= 15 is 0 Å². The van der Waals surface area contributed by atoms with Crippen LogP contribution in [0, 0.1) is 0 Å². The second-order valence-corrected chi connectivity index (χ2v) is 5.71. The number of hydrogen-bond donors (Lipinski definition) is 1. The highest BCUT2D eigenvalue weighted by atomic mass is 14.5. The summed E-state index contributed by atoms with van der Waals surface area (Å²) in [5.74, 6) is 0.738. The topological polar surface area (TPSA) is 26.0 Å². The second kappa shape index (κ2) is 9.89. The van der Waals surface area contributed by atoms with Crippen LogP contribution in [0.2, 0.25) is 0 Å². The molecule has 1 aromatic rings. The van der Waals surface area contributed by atoms with Crippen LogP contribution in [0.3, 0.4) is 0 Å². The number of hydrogen-bond acceptors (Lipinski definition) is 1. The summed E-state index contributed by atoms with van der Waals surface area (Å²) in [5, 5.41) is 0. The molecule has 19 heavy (non-hydrogen) atoms. The summed E-state index contributed by atoms with van der Waals surface area (Å²) in [6.45, 7) is 4.56. The van der Waals surface area contributed by atoms with E-state index < -0.39 is 0 Å². The normalized spacial score (nSPS) is 12.5. The van der Waals surface area contributed by atoms with E-state index in [-0.39, 0.29) is 0 Å². The highest BCUT2D eigenvalue weighted by Gasteiger charge is 2.10. The first kappa shape index (κ1) is 16.1. The molecule has 0 aliphatic carbocycles. The Bertz CT molecular complexity index is 315. The summed E-state index contributed by atoms with van der Waals surface area (Å²) in [5.41, 5.74) is 8.14. The van der Waals surface area contributed by atoms with Crippen LogP contribution in [0.4, 0.5) is 5.69 Å². The van der Waals surface area contributed by atoms with Crippen LogP contribution in [0.5, 0.6) is 0 Å². The van der Waals surface area contributed by atoms with E-state index in [4.69, 9.17) is 5.73 Å². The van der Waals surface area contributed by atoms with Gasteiger partial charge in [-0.2, -0.15) is 0 Å². The molecule has 1 heteroatoms. The second-order valence-electron chi connectivity index (χ2n) is 5.71. The van der Waals surface area contributed by atoms with Crippen molar-refractivity contribution in [3.8, 4) is 0 Å². The van der Waals surface area contributed by atoms with Gasteiger partial charge in [0.2, 0.25) is 0 Å². The first-order valence-corrected chi connectivity index (χ1v) is 8.13. The maximum absolute atomic E-state index is 5.78. The van der Waals surface area contributed by atoms with Crippen molar-refractivity contribution < 1.29 is 0 Å². The predicted molar refractivity (Wildman–Crippen MR) is 86.5 cm³/mol. The zero-order valence-electron chi connectivity index (χ0n) is 12.8. The van der Waals surface area contributed by atoms with Gasteiger partial charge >= 0.3 is 0 Å². The lowest BCUT2D eigenvalue weighted by Crippen LogP contribution is -2.00. The maximum atomic E-state index is 5.78. The predicted octanol–water partition coefficient (Wildman–Crippen LogP) is 5.90. The van der Waals surface area contributed by atoms with E-state index in [1.807, 2.05) is 12.1 Å². The summed E-state index contributed by atoms with van der Waals surface area (Å²) in [7, 11) is 0. The van der Waals surface area contributed by atoms with Crippen molar-refractivity contribution in [2.45, 2.75) is 77.6 Å². The summed E-state index contributed by atoms with van der Waals surface area (Å²) < 4.78 is 0. The Morgan fingerprint density at radius 1 is 0.789 bits per heavy atom. The minimum atomic E-state index is 0.738. The molecule has 0 saturated carbocycles. The van der Waals surface area contributed by atoms with Crippen LogP contribution in [0.15, 0.2) is 24.3 Å². The number of anilines is 1. The molecule has 0 aromatic heterocycles. The fraction of sp³-hybridized carbons (Fsp3) is 0.667. The van der Waals surface area contributed by atoms with Crippen LogP contribution in [-0.4, -0.2) is 0 Å². The van der Waals surface area contributed by atoms with Gasteiger partial charge in [-0.05, 0) is 36.5 Å². The smallest absolute Gasteiger partial charge is 0.0314 e. The molecule has 1 nitrogen and oxygen atoms in total. The number of rotatable bonds is 10. The molecular formula is C18H31N. The van der Waals surface area contributed by atoms with E-state index in [2.05, 4.69) is 26.0 Å². The number of nitrogen functional groups attached to an aromatic ring is 1. The van der Waals surface area contributed by atoms with Gasteiger partial charge in [0.1, 0.15) is 0 Å². The molecule has 1 atom stereocenters. The highest BCUT2D eigenvalue weighted by molar-refractivity contribution is 5.40. The van der Waals surface area contributed by atoms with Crippen LogP contribution in [-0.2, 0) is 0 Å². The number of benzene rings is 1. The fourth-order valence-corrected chi connectivity index (χ4v) is 2.69. The van der Waals surface area contributed by atoms with E-state index in [1.54, 1.807) is 0 Å². The number of nitrogens with two attached hydrogens (primary N) is 1. The van der Waals surface area contributed by atoms with E-state index in [0.29, 0.717) is 0 Å². The van der Waals surface area contributed by atoms with Gasteiger partial charge in [-0.3, -0.25) is 0 Å². The largest absolute Gasteiger partial charge is 0.399 e. The Hall–Kier alpha value is -0.980. The summed E-state index contributed by atoms with van der Waals surface area (Å²) in [4.78, 5) is 0. The molecule has 0 fully saturated rings. The van der Waals surface area contributed by atoms with Gasteiger partial charge in [-0.1, -0.05) is 70.9 Å². The van der Waals surface area contributed by atoms with E-state index in [0.717, 1.165) is 11.6 Å². The highest BCUT2D eigenvalue weighted by Crippen LogP contribution is 2.28. The van der Waals surface area contributed by atoms with Crippen molar-refractivity contribution in [3.63, 3.8) is 0 Å². The first-order chi connectivity index (χ1) is 9.27. The minimum absolute atomic E-state index is 0.738. The quantitative estimate of drug-likeness (QED) is 0.411. The standard InChI is InChI=1S/C18H31N/c1-3-5-7-8-9-11-16(10-6-4-2)17-12-14-18(19)15-13-17/h12-16H,3-11,19H2,1-2H3. The van der Waals surface area contributed by atoms with Gasteiger partial charge in [-0.15, -0.1) is 0 Å². The Balaban J connectivity index is 2.44. The van der Waals surface area contributed by atoms with Gasteiger partial charge in [0, 0.05) is 5.69 Å². The Labute approximate surface area is 119 Å². The van der Waals surface area contributed by atoms with Crippen molar-refractivity contribution in [2.75, 3.05) is 5.73 Å².